The summed E-state index contributed by atoms with van der Waals surface area (Å²) >= 11 is 3.47. The highest BCUT2D eigenvalue weighted by atomic mass is 79.9. The van der Waals surface area contributed by atoms with Gasteiger partial charge >= 0.3 is 0 Å². The van der Waals surface area contributed by atoms with E-state index in [-0.39, 0.29) is 0 Å². The van der Waals surface area contributed by atoms with Gasteiger partial charge in [0.2, 0.25) is 0 Å². The highest BCUT2D eigenvalue weighted by Crippen LogP contribution is 2.20. The number of rotatable bonds is 3. The van der Waals surface area contributed by atoms with E-state index in [9.17, 15) is 8.78 Å². The number of alkyl halides is 1. The Kier molecular flexibility index (Phi) is 3.92. The zero-order valence-electron chi connectivity index (χ0n) is 8.93. The summed E-state index contributed by atoms with van der Waals surface area (Å²) in [6, 6.07) is 4.14. The zero-order chi connectivity index (χ0) is 11.5. The summed E-state index contributed by atoms with van der Waals surface area (Å²) in [5, 5.41) is 1.02. The van der Waals surface area contributed by atoms with Crippen molar-refractivity contribution in [3.05, 3.63) is 35.4 Å². The van der Waals surface area contributed by atoms with Crippen LogP contribution in [-0.4, -0.2) is 23.3 Å². The second-order valence-corrected chi connectivity index (χ2v) is 4.94. The smallest absolute Gasteiger partial charge is 0.159 e. The summed E-state index contributed by atoms with van der Waals surface area (Å²) in [4.78, 5) is 2.28. The van der Waals surface area contributed by atoms with Crippen molar-refractivity contribution in [2.45, 2.75) is 13.0 Å². The van der Waals surface area contributed by atoms with E-state index in [0.29, 0.717) is 12.5 Å². The third-order valence-corrected chi connectivity index (χ3v) is 3.89. The maximum Gasteiger partial charge on any atom is 0.159 e. The van der Waals surface area contributed by atoms with E-state index < -0.39 is 11.6 Å². The summed E-state index contributed by atoms with van der Waals surface area (Å²) < 4.78 is 25.7. The Morgan fingerprint density at radius 2 is 2.12 bits per heavy atom. The number of halogens is 3. The van der Waals surface area contributed by atoms with Crippen LogP contribution in [0.25, 0.3) is 0 Å². The van der Waals surface area contributed by atoms with E-state index in [1.807, 2.05) is 0 Å². The van der Waals surface area contributed by atoms with Crippen LogP contribution in [-0.2, 0) is 6.54 Å². The third-order valence-electron chi connectivity index (χ3n) is 2.98. The molecule has 0 radical (unpaired) electrons. The fourth-order valence-corrected chi connectivity index (χ4v) is 2.61. The molecule has 1 saturated heterocycles. The molecule has 0 N–H and O–H groups in total. The Morgan fingerprint density at radius 1 is 1.31 bits per heavy atom. The number of hydrogen-bond donors (Lipinski definition) is 0. The summed E-state index contributed by atoms with van der Waals surface area (Å²) in [5.41, 5.74) is 0.842. The van der Waals surface area contributed by atoms with Crippen LogP contribution in [0.4, 0.5) is 8.78 Å². The highest BCUT2D eigenvalue weighted by Gasteiger charge is 2.21. The van der Waals surface area contributed by atoms with Crippen molar-refractivity contribution in [2.75, 3.05) is 18.4 Å². The molecule has 1 atom stereocenters. The molecule has 4 heteroatoms. The van der Waals surface area contributed by atoms with Crippen molar-refractivity contribution in [1.29, 1.82) is 0 Å². The van der Waals surface area contributed by atoms with E-state index in [1.165, 1.54) is 18.6 Å². The lowest BCUT2D eigenvalue weighted by atomic mass is 10.2. The fourth-order valence-electron chi connectivity index (χ4n) is 2.08. The number of hydrogen-bond acceptors (Lipinski definition) is 1. The first-order chi connectivity index (χ1) is 7.69. The molecule has 88 valence electrons. The van der Waals surface area contributed by atoms with Gasteiger partial charge in [0.05, 0.1) is 0 Å². The predicted molar refractivity (Wildman–Crippen MR) is 63.5 cm³/mol. The standard InChI is InChI=1S/C12H14BrF2N/c13-6-10-3-4-16(8-10)7-9-1-2-11(14)12(15)5-9/h1-2,5,10H,3-4,6-8H2. The number of benzene rings is 1. The molecule has 1 aromatic carbocycles. The van der Waals surface area contributed by atoms with Gasteiger partial charge in [0.15, 0.2) is 11.6 Å². The molecule has 0 amide bonds. The van der Waals surface area contributed by atoms with Gasteiger partial charge in [0, 0.05) is 18.4 Å². The minimum Gasteiger partial charge on any atom is -0.299 e. The van der Waals surface area contributed by atoms with Gasteiger partial charge in [-0.15, -0.1) is 0 Å². The van der Waals surface area contributed by atoms with Crippen molar-refractivity contribution >= 4 is 15.9 Å². The molecule has 0 bridgehead atoms. The number of nitrogens with zero attached hydrogens (tertiary/aromatic N) is 1. The van der Waals surface area contributed by atoms with E-state index in [4.69, 9.17) is 0 Å². The van der Waals surface area contributed by atoms with Crippen molar-refractivity contribution in [1.82, 2.24) is 4.90 Å². The van der Waals surface area contributed by atoms with Crippen molar-refractivity contribution in [3.63, 3.8) is 0 Å². The topological polar surface area (TPSA) is 3.24 Å². The van der Waals surface area contributed by atoms with E-state index in [0.717, 1.165) is 24.0 Å². The van der Waals surface area contributed by atoms with E-state index in [2.05, 4.69) is 20.8 Å². The monoisotopic (exact) mass is 289 g/mol. The maximum absolute atomic E-state index is 13.0. The molecule has 1 aliphatic heterocycles. The third kappa shape index (κ3) is 2.80. The molecule has 0 aliphatic carbocycles. The first-order valence-electron chi connectivity index (χ1n) is 5.41. The Hall–Kier alpha value is -0.480. The second kappa shape index (κ2) is 5.23. The molecule has 1 heterocycles. The lowest BCUT2D eigenvalue weighted by Crippen LogP contribution is -2.20. The molecule has 0 saturated carbocycles. The minimum absolute atomic E-state index is 0.685. The lowest BCUT2D eigenvalue weighted by Gasteiger charge is -2.15. The van der Waals surface area contributed by atoms with Crippen molar-refractivity contribution in [3.8, 4) is 0 Å². The Balaban J connectivity index is 1.97. The Bertz CT molecular complexity index is 370. The molecule has 1 fully saturated rings. The van der Waals surface area contributed by atoms with Crippen molar-refractivity contribution < 1.29 is 8.78 Å². The SMILES string of the molecule is Fc1ccc(CN2CCC(CBr)C2)cc1F. The molecule has 1 aromatic rings. The van der Waals surface area contributed by atoms with Gasteiger partial charge in [-0.25, -0.2) is 8.78 Å². The van der Waals surface area contributed by atoms with E-state index in [1.54, 1.807) is 6.07 Å². The Morgan fingerprint density at radius 3 is 2.75 bits per heavy atom. The van der Waals surface area contributed by atoms with E-state index >= 15 is 0 Å². The maximum atomic E-state index is 13.0. The predicted octanol–water partition coefficient (Wildman–Crippen LogP) is 3.18. The molecule has 2 rings (SSSR count). The van der Waals surface area contributed by atoms with Crippen LogP contribution in [0, 0.1) is 17.6 Å². The van der Waals surface area contributed by atoms with Gasteiger partial charge in [0.25, 0.3) is 0 Å². The molecule has 16 heavy (non-hydrogen) atoms. The fraction of sp³-hybridized carbons (Fsp3) is 0.500. The van der Waals surface area contributed by atoms with Crippen LogP contribution in [0.3, 0.4) is 0 Å². The van der Waals surface area contributed by atoms with Crippen LogP contribution in [0.15, 0.2) is 18.2 Å². The van der Waals surface area contributed by atoms with Gasteiger partial charge in [-0.3, -0.25) is 4.90 Å². The van der Waals surface area contributed by atoms with Gasteiger partial charge in [-0.05, 0) is 36.6 Å². The van der Waals surface area contributed by atoms with Crippen LogP contribution in [0.2, 0.25) is 0 Å². The quantitative estimate of drug-likeness (QED) is 0.773. The molecular formula is C12H14BrF2N. The van der Waals surface area contributed by atoms with Crippen LogP contribution >= 0.6 is 15.9 Å². The summed E-state index contributed by atoms with van der Waals surface area (Å²) in [7, 11) is 0. The van der Waals surface area contributed by atoms with Gasteiger partial charge in [-0.1, -0.05) is 22.0 Å². The molecular weight excluding hydrogens is 276 g/mol. The van der Waals surface area contributed by atoms with Crippen LogP contribution in [0.5, 0.6) is 0 Å². The van der Waals surface area contributed by atoms with Crippen LogP contribution < -0.4 is 0 Å². The van der Waals surface area contributed by atoms with Crippen LogP contribution in [0.1, 0.15) is 12.0 Å². The number of likely N-dealkylation sites (tertiary alicyclic amines) is 1. The Labute approximate surface area is 103 Å². The average molecular weight is 290 g/mol. The molecule has 0 spiro atoms. The molecule has 1 nitrogen and oxygen atoms in total. The summed E-state index contributed by atoms with van der Waals surface area (Å²) in [6.45, 7) is 2.78. The second-order valence-electron chi connectivity index (χ2n) is 4.29. The zero-order valence-corrected chi connectivity index (χ0v) is 10.5. The van der Waals surface area contributed by atoms with Gasteiger partial charge in [0.1, 0.15) is 0 Å². The first kappa shape index (κ1) is 12.0. The molecule has 1 aliphatic rings. The van der Waals surface area contributed by atoms with Gasteiger partial charge in [-0.2, -0.15) is 0 Å². The highest BCUT2D eigenvalue weighted by molar-refractivity contribution is 9.09. The first-order valence-corrected chi connectivity index (χ1v) is 6.53. The minimum atomic E-state index is -0.775. The summed E-state index contributed by atoms with van der Waals surface area (Å²) in [5.74, 6) is -0.845. The molecule has 0 aromatic heterocycles. The lowest BCUT2D eigenvalue weighted by molar-refractivity contribution is 0.320. The molecule has 1 unspecified atom stereocenters. The average Bonchev–Trinajstić information content (AvgIpc) is 2.71. The van der Waals surface area contributed by atoms with Gasteiger partial charge < -0.3 is 0 Å². The normalized spacial score (nSPS) is 21.6. The summed E-state index contributed by atoms with van der Waals surface area (Å²) in [6.07, 6.45) is 1.18. The largest absolute Gasteiger partial charge is 0.299 e. The van der Waals surface area contributed by atoms with Crippen molar-refractivity contribution in [2.24, 2.45) is 5.92 Å².